The van der Waals surface area contributed by atoms with Crippen molar-refractivity contribution in [1.82, 2.24) is 14.8 Å². The summed E-state index contributed by atoms with van der Waals surface area (Å²) in [6, 6.07) is 15.2. The average Bonchev–Trinajstić information content (AvgIpc) is 3.19. The van der Waals surface area contributed by atoms with Gasteiger partial charge in [0.15, 0.2) is 5.65 Å². The third-order valence-electron chi connectivity index (χ3n) is 4.31. The van der Waals surface area contributed by atoms with Crippen LogP contribution in [0, 0.1) is 13.8 Å². The molecule has 132 valence electrons. The molecule has 0 aliphatic heterocycles. The minimum atomic E-state index is -2.58. The van der Waals surface area contributed by atoms with Crippen LogP contribution in [-0.4, -0.2) is 14.8 Å². The summed E-state index contributed by atoms with van der Waals surface area (Å²) in [5, 5.41) is 4.94. The monoisotopic (exact) mass is 369 g/mol. The number of hydrogen-bond acceptors (Lipinski definition) is 3. The van der Waals surface area contributed by atoms with E-state index in [2.05, 4.69) is 5.10 Å². The van der Waals surface area contributed by atoms with Crippen molar-refractivity contribution in [3.8, 4) is 10.6 Å². The summed E-state index contributed by atoms with van der Waals surface area (Å²) < 4.78 is 29.2. The Labute approximate surface area is 153 Å². The van der Waals surface area contributed by atoms with Gasteiger partial charge in [-0.15, -0.1) is 11.3 Å². The van der Waals surface area contributed by atoms with Gasteiger partial charge in [0, 0.05) is 10.4 Å². The summed E-state index contributed by atoms with van der Waals surface area (Å²) in [4.78, 5) is 6.70. The van der Waals surface area contributed by atoms with Crippen molar-refractivity contribution in [3.05, 3.63) is 70.2 Å². The van der Waals surface area contributed by atoms with Crippen molar-refractivity contribution >= 4 is 22.4 Å². The Bertz CT molecular complexity index is 1070. The molecule has 0 aliphatic carbocycles. The van der Waals surface area contributed by atoms with E-state index in [9.17, 15) is 8.78 Å². The van der Waals surface area contributed by atoms with Crippen molar-refractivity contribution in [2.45, 2.75) is 26.8 Å². The van der Waals surface area contributed by atoms with Gasteiger partial charge < -0.3 is 0 Å². The maximum Gasteiger partial charge on any atom is 0.264 e. The highest BCUT2D eigenvalue weighted by Crippen LogP contribution is 2.35. The van der Waals surface area contributed by atoms with Gasteiger partial charge in [-0.2, -0.15) is 5.10 Å². The largest absolute Gasteiger partial charge is 0.264 e. The molecule has 0 bridgehead atoms. The summed E-state index contributed by atoms with van der Waals surface area (Å²) in [5.41, 5.74) is 2.69. The lowest BCUT2D eigenvalue weighted by molar-refractivity contribution is 0.153. The number of aromatic nitrogens is 3. The van der Waals surface area contributed by atoms with Crippen LogP contribution in [0.25, 0.3) is 21.6 Å². The number of nitrogens with zero attached hydrogens (tertiary/aromatic N) is 3. The van der Waals surface area contributed by atoms with E-state index in [-0.39, 0.29) is 5.56 Å². The first-order chi connectivity index (χ1) is 12.5. The molecule has 3 heterocycles. The number of rotatable bonds is 4. The molecular formula is C20H17F2N3S. The van der Waals surface area contributed by atoms with Crippen LogP contribution in [0.5, 0.6) is 0 Å². The van der Waals surface area contributed by atoms with Crippen molar-refractivity contribution < 1.29 is 8.78 Å². The fourth-order valence-electron chi connectivity index (χ4n) is 3.12. The lowest BCUT2D eigenvalue weighted by atomic mass is 10.1. The molecule has 0 unspecified atom stereocenters. The summed E-state index contributed by atoms with van der Waals surface area (Å²) in [6.07, 6.45) is -2.58. The second-order valence-corrected chi connectivity index (χ2v) is 7.52. The molecule has 0 N–H and O–H groups in total. The average molecular weight is 369 g/mol. The predicted octanol–water partition coefficient (Wildman–Crippen LogP) is 5.76. The first-order valence-electron chi connectivity index (χ1n) is 8.30. The van der Waals surface area contributed by atoms with E-state index in [4.69, 9.17) is 4.98 Å². The van der Waals surface area contributed by atoms with E-state index in [1.165, 1.54) is 6.07 Å². The minimum Gasteiger partial charge on any atom is -0.243 e. The lowest BCUT2D eigenvalue weighted by Gasteiger charge is -2.08. The van der Waals surface area contributed by atoms with Crippen molar-refractivity contribution in [3.63, 3.8) is 0 Å². The Morgan fingerprint density at radius 2 is 1.85 bits per heavy atom. The van der Waals surface area contributed by atoms with Gasteiger partial charge in [-0.3, -0.25) is 0 Å². The first kappa shape index (κ1) is 16.8. The van der Waals surface area contributed by atoms with E-state index < -0.39 is 6.43 Å². The third-order valence-corrected chi connectivity index (χ3v) is 5.33. The first-order valence-corrected chi connectivity index (χ1v) is 9.11. The molecule has 26 heavy (non-hydrogen) atoms. The van der Waals surface area contributed by atoms with Gasteiger partial charge in [0.25, 0.3) is 6.43 Å². The molecule has 0 fully saturated rings. The summed E-state index contributed by atoms with van der Waals surface area (Å²) in [6.45, 7) is 4.24. The topological polar surface area (TPSA) is 30.7 Å². The lowest BCUT2D eigenvalue weighted by Crippen LogP contribution is -2.03. The third kappa shape index (κ3) is 3.01. The van der Waals surface area contributed by atoms with Gasteiger partial charge in [0.2, 0.25) is 0 Å². The molecule has 0 atom stereocenters. The molecule has 0 saturated heterocycles. The number of benzene rings is 1. The van der Waals surface area contributed by atoms with Crippen LogP contribution in [0.3, 0.4) is 0 Å². The summed E-state index contributed by atoms with van der Waals surface area (Å²) in [7, 11) is 0. The molecule has 0 aliphatic rings. The fourth-order valence-corrected chi connectivity index (χ4v) is 3.95. The maximum atomic E-state index is 13.8. The van der Waals surface area contributed by atoms with Gasteiger partial charge in [0.05, 0.1) is 28.2 Å². The quantitative estimate of drug-likeness (QED) is 0.458. The Morgan fingerprint density at radius 1 is 1.08 bits per heavy atom. The van der Waals surface area contributed by atoms with Crippen LogP contribution in [0.15, 0.2) is 48.5 Å². The normalized spacial score (nSPS) is 11.6. The van der Waals surface area contributed by atoms with E-state index in [1.807, 2.05) is 49.4 Å². The molecule has 0 spiro atoms. The van der Waals surface area contributed by atoms with E-state index in [1.54, 1.807) is 22.9 Å². The van der Waals surface area contributed by atoms with Gasteiger partial charge >= 0.3 is 0 Å². The number of halogens is 2. The molecule has 0 amide bonds. The summed E-state index contributed by atoms with van der Waals surface area (Å²) in [5.74, 6) is 0. The SMILES string of the molecule is Cc1ccc(-c2cc(C(F)F)c3c(C)nn(Cc4ccccc4)c3n2)s1. The van der Waals surface area contributed by atoms with Crippen LogP contribution in [0.4, 0.5) is 8.78 Å². The van der Waals surface area contributed by atoms with Gasteiger partial charge in [-0.25, -0.2) is 18.4 Å². The van der Waals surface area contributed by atoms with Crippen molar-refractivity contribution in [1.29, 1.82) is 0 Å². The predicted molar refractivity (Wildman–Crippen MR) is 101 cm³/mol. The highest BCUT2D eigenvalue weighted by atomic mass is 32.1. The second kappa shape index (κ2) is 6.61. The smallest absolute Gasteiger partial charge is 0.243 e. The molecule has 6 heteroatoms. The fraction of sp³-hybridized carbons (Fsp3) is 0.200. The summed E-state index contributed by atoms with van der Waals surface area (Å²) >= 11 is 1.55. The van der Waals surface area contributed by atoms with Gasteiger partial charge in [0.1, 0.15) is 0 Å². The number of aryl methyl sites for hydroxylation is 2. The van der Waals surface area contributed by atoms with E-state index in [0.717, 1.165) is 15.3 Å². The second-order valence-electron chi connectivity index (χ2n) is 6.23. The van der Waals surface area contributed by atoms with Crippen LogP contribution in [-0.2, 0) is 6.54 Å². The minimum absolute atomic E-state index is 0.00661. The molecule has 0 radical (unpaired) electrons. The number of thiophene rings is 1. The van der Waals surface area contributed by atoms with Crippen LogP contribution in [0.1, 0.15) is 28.1 Å². The standard InChI is InChI=1S/C20H17F2N3S/c1-12-8-9-17(26-12)16-10-15(19(21)22)18-13(2)24-25(20(18)23-16)11-14-6-4-3-5-7-14/h3-10,19H,11H2,1-2H3. The highest BCUT2D eigenvalue weighted by molar-refractivity contribution is 7.15. The zero-order valence-electron chi connectivity index (χ0n) is 14.4. The Balaban J connectivity index is 1.92. The van der Waals surface area contributed by atoms with E-state index >= 15 is 0 Å². The van der Waals surface area contributed by atoms with Crippen LogP contribution >= 0.6 is 11.3 Å². The van der Waals surface area contributed by atoms with Crippen molar-refractivity contribution in [2.24, 2.45) is 0 Å². The molecule has 3 nitrogen and oxygen atoms in total. The molecule has 0 saturated carbocycles. The number of hydrogen-bond donors (Lipinski definition) is 0. The van der Waals surface area contributed by atoms with Gasteiger partial charge in [-0.05, 0) is 37.6 Å². The molecule has 4 rings (SSSR count). The Hall–Kier alpha value is -2.60. The molecule has 4 aromatic rings. The molecule has 3 aromatic heterocycles. The van der Waals surface area contributed by atoms with E-state index in [0.29, 0.717) is 29.0 Å². The molecule has 1 aromatic carbocycles. The van der Waals surface area contributed by atoms with Crippen LogP contribution < -0.4 is 0 Å². The zero-order valence-corrected chi connectivity index (χ0v) is 15.2. The number of alkyl halides is 2. The number of pyridine rings is 1. The van der Waals surface area contributed by atoms with Gasteiger partial charge in [-0.1, -0.05) is 30.3 Å². The van der Waals surface area contributed by atoms with Crippen molar-refractivity contribution in [2.75, 3.05) is 0 Å². The Morgan fingerprint density at radius 3 is 2.50 bits per heavy atom. The highest BCUT2D eigenvalue weighted by Gasteiger charge is 2.21. The molecular weight excluding hydrogens is 352 g/mol. The van der Waals surface area contributed by atoms with Crippen LogP contribution in [0.2, 0.25) is 0 Å². The zero-order chi connectivity index (χ0) is 18.3. The maximum absolute atomic E-state index is 13.8. The Kier molecular flexibility index (Phi) is 4.28. The number of fused-ring (bicyclic) bond motifs is 1.